The zero-order valence-corrected chi connectivity index (χ0v) is 13.6. The van der Waals surface area contributed by atoms with Crippen molar-refractivity contribution in [2.75, 3.05) is 18.5 Å². The van der Waals surface area contributed by atoms with Crippen LogP contribution in [0.15, 0.2) is 48.5 Å². The van der Waals surface area contributed by atoms with E-state index in [1.165, 1.54) is 22.5 Å². The molecule has 112 valence electrons. The molecule has 0 aliphatic heterocycles. The molecule has 0 amide bonds. The molecule has 2 aromatic rings. The third-order valence-corrected chi connectivity index (χ3v) is 3.92. The number of nitrogens with one attached hydrogen (secondary N) is 1. The highest BCUT2D eigenvalue weighted by Crippen LogP contribution is 2.32. The highest BCUT2D eigenvalue weighted by Gasteiger charge is 2.15. The Balaban J connectivity index is 2.39. The molecule has 0 aliphatic rings. The largest absolute Gasteiger partial charge is 0.344 e. The Kier molecular flexibility index (Phi) is 5.40. The summed E-state index contributed by atoms with van der Waals surface area (Å²) in [5, 5.41) is 3.58. The maximum Gasteiger partial charge on any atom is 0.0456 e. The van der Waals surface area contributed by atoms with Gasteiger partial charge in [0.25, 0.3) is 0 Å². The second kappa shape index (κ2) is 7.28. The van der Waals surface area contributed by atoms with Crippen molar-refractivity contribution in [3.05, 3.63) is 59.7 Å². The molecule has 2 heteroatoms. The van der Waals surface area contributed by atoms with Crippen LogP contribution in [-0.4, -0.2) is 13.6 Å². The van der Waals surface area contributed by atoms with E-state index < -0.39 is 0 Å². The Bertz CT molecular complexity index is 577. The van der Waals surface area contributed by atoms with E-state index in [1.54, 1.807) is 0 Å². The van der Waals surface area contributed by atoms with Crippen molar-refractivity contribution in [3.63, 3.8) is 0 Å². The topological polar surface area (TPSA) is 15.3 Å². The molecule has 0 saturated carbocycles. The Morgan fingerprint density at radius 1 is 1.05 bits per heavy atom. The maximum absolute atomic E-state index is 3.58. The van der Waals surface area contributed by atoms with Crippen LogP contribution in [0.25, 0.3) is 0 Å². The van der Waals surface area contributed by atoms with Gasteiger partial charge in [0.05, 0.1) is 0 Å². The van der Waals surface area contributed by atoms with Gasteiger partial charge in [-0.05, 0) is 49.2 Å². The Hall–Kier alpha value is -1.80. The summed E-state index contributed by atoms with van der Waals surface area (Å²) in [4.78, 5) is 2.28. The lowest BCUT2D eigenvalue weighted by atomic mass is 10.0. The molecule has 21 heavy (non-hydrogen) atoms. The zero-order valence-electron chi connectivity index (χ0n) is 13.6. The fourth-order valence-corrected chi connectivity index (χ4v) is 2.78. The lowest BCUT2D eigenvalue weighted by Crippen LogP contribution is -2.23. The fraction of sp³-hybridized carbons (Fsp3) is 0.368. The van der Waals surface area contributed by atoms with Crippen LogP contribution in [0.1, 0.15) is 37.4 Å². The number of hydrogen-bond acceptors (Lipinski definition) is 2. The Morgan fingerprint density at radius 3 is 2.48 bits per heavy atom. The van der Waals surface area contributed by atoms with Crippen molar-refractivity contribution < 1.29 is 0 Å². The van der Waals surface area contributed by atoms with Gasteiger partial charge in [-0.3, -0.25) is 0 Å². The van der Waals surface area contributed by atoms with E-state index >= 15 is 0 Å². The molecule has 2 rings (SSSR count). The van der Waals surface area contributed by atoms with Gasteiger partial charge in [0.1, 0.15) is 0 Å². The van der Waals surface area contributed by atoms with Crippen molar-refractivity contribution in [1.29, 1.82) is 0 Å². The van der Waals surface area contributed by atoms with Gasteiger partial charge >= 0.3 is 0 Å². The molecule has 0 aliphatic carbocycles. The van der Waals surface area contributed by atoms with E-state index in [-0.39, 0.29) is 0 Å². The summed E-state index contributed by atoms with van der Waals surface area (Å²) in [7, 11) is 2.15. The van der Waals surface area contributed by atoms with Gasteiger partial charge in [0.2, 0.25) is 0 Å². The van der Waals surface area contributed by atoms with E-state index in [0.29, 0.717) is 6.04 Å². The molecule has 0 radical (unpaired) electrons. The van der Waals surface area contributed by atoms with Gasteiger partial charge < -0.3 is 10.2 Å². The second-order valence-corrected chi connectivity index (χ2v) is 5.48. The number of nitrogens with zero attached hydrogens (tertiary/aromatic N) is 1. The lowest BCUT2D eigenvalue weighted by molar-refractivity contribution is 0.538. The van der Waals surface area contributed by atoms with Gasteiger partial charge in [0, 0.05) is 24.5 Å². The summed E-state index contributed by atoms with van der Waals surface area (Å²) in [5.41, 5.74) is 5.16. The first kappa shape index (κ1) is 15.6. The SMILES string of the molecule is CCNC(CC)c1ccccc1N(C)c1cccc(C)c1. The molecule has 0 bridgehead atoms. The molecule has 1 atom stereocenters. The molecule has 0 spiro atoms. The molecule has 0 saturated heterocycles. The van der Waals surface area contributed by atoms with Crippen molar-refractivity contribution in [1.82, 2.24) is 5.32 Å². The van der Waals surface area contributed by atoms with Crippen LogP contribution in [-0.2, 0) is 0 Å². The van der Waals surface area contributed by atoms with Crippen LogP contribution in [0, 0.1) is 6.92 Å². The first-order valence-corrected chi connectivity index (χ1v) is 7.80. The smallest absolute Gasteiger partial charge is 0.0456 e. The van der Waals surface area contributed by atoms with E-state index in [1.807, 2.05) is 0 Å². The third kappa shape index (κ3) is 3.64. The number of rotatable bonds is 6. The predicted octanol–water partition coefficient (Wildman–Crippen LogP) is 4.82. The molecule has 2 nitrogen and oxygen atoms in total. The van der Waals surface area contributed by atoms with E-state index in [4.69, 9.17) is 0 Å². The van der Waals surface area contributed by atoms with Gasteiger partial charge in [0.15, 0.2) is 0 Å². The summed E-state index contributed by atoms with van der Waals surface area (Å²) in [6.07, 6.45) is 1.09. The van der Waals surface area contributed by atoms with Crippen LogP contribution in [0.3, 0.4) is 0 Å². The minimum absolute atomic E-state index is 0.401. The summed E-state index contributed by atoms with van der Waals surface area (Å²) in [6.45, 7) is 7.52. The molecule has 2 aromatic carbocycles. The number of benzene rings is 2. The van der Waals surface area contributed by atoms with Crippen LogP contribution >= 0.6 is 0 Å². The summed E-state index contributed by atoms with van der Waals surface area (Å²) < 4.78 is 0. The predicted molar refractivity (Wildman–Crippen MR) is 92.4 cm³/mol. The molecular weight excluding hydrogens is 256 g/mol. The van der Waals surface area contributed by atoms with Gasteiger partial charge in [-0.15, -0.1) is 0 Å². The molecule has 0 aromatic heterocycles. The molecule has 0 fully saturated rings. The number of anilines is 2. The van der Waals surface area contributed by atoms with Gasteiger partial charge in [-0.2, -0.15) is 0 Å². The van der Waals surface area contributed by atoms with Crippen LogP contribution in [0.5, 0.6) is 0 Å². The standard InChI is InChI=1S/C19H26N2/c1-5-18(20-6-2)17-12-7-8-13-19(17)21(4)16-11-9-10-15(3)14-16/h7-14,18,20H,5-6H2,1-4H3. The Morgan fingerprint density at radius 2 is 1.81 bits per heavy atom. The van der Waals surface area contributed by atoms with E-state index in [2.05, 4.69) is 86.6 Å². The van der Waals surface area contributed by atoms with Crippen molar-refractivity contribution >= 4 is 11.4 Å². The first-order valence-electron chi connectivity index (χ1n) is 7.80. The van der Waals surface area contributed by atoms with Crippen molar-refractivity contribution in [3.8, 4) is 0 Å². The monoisotopic (exact) mass is 282 g/mol. The van der Waals surface area contributed by atoms with E-state index in [0.717, 1.165) is 13.0 Å². The van der Waals surface area contributed by atoms with Crippen molar-refractivity contribution in [2.45, 2.75) is 33.2 Å². The minimum Gasteiger partial charge on any atom is -0.344 e. The third-order valence-electron chi connectivity index (χ3n) is 3.92. The summed E-state index contributed by atoms with van der Waals surface area (Å²) in [6, 6.07) is 17.7. The van der Waals surface area contributed by atoms with Gasteiger partial charge in [-0.1, -0.05) is 44.2 Å². The molecule has 0 heterocycles. The maximum atomic E-state index is 3.58. The number of para-hydroxylation sites is 1. The fourth-order valence-electron chi connectivity index (χ4n) is 2.78. The molecule has 1 N–H and O–H groups in total. The highest BCUT2D eigenvalue weighted by atomic mass is 15.1. The number of hydrogen-bond donors (Lipinski definition) is 1. The van der Waals surface area contributed by atoms with E-state index in [9.17, 15) is 0 Å². The minimum atomic E-state index is 0.401. The number of aryl methyl sites for hydroxylation is 1. The zero-order chi connectivity index (χ0) is 15.2. The summed E-state index contributed by atoms with van der Waals surface area (Å²) in [5.74, 6) is 0. The molecular formula is C19H26N2. The average Bonchev–Trinajstić information content (AvgIpc) is 2.52. The normalized spacial score (nSPS) is 12.2. The second-order valence-electron chi connectivity index (χ2n) is 5.48. The highest BCUT2D eigenvalue weighted by molar-refractivity contribution is 5.66. The van der Waals surface area contributed by atoms with Crippen LogP contribution in [0.4, 0.5) is 11.4 Å². The Labute approximate surface area is 128 Å². The quantitative estimate of drug-likeness (QED) is 0.817. The first-order chi connectivity index (χ1) is 10.2. The molecule has 1 unspecified atom stereocenters. The average molecular weight is 282 g/mol. The van der Waals surface area contributed by atoms with Crippen LogP contribution < -0.4 is 10.2 Å². The lowest BCUT2D eigenvalue weighted by Gasteiger charge is -2.27. The van der Waals surface area contributed by atoms with Gasteiger partial charge in [-0.25, -0.2) is 0 Å². The van der Waals surface area contributed by atoms with Crippen molar-refractivity contribution in [2.24, 2.45) is 0 Å². The summed E-state index contributed by atoms with van der Waals surface area (Å²) >= 11 is 0. The van der Waals surface area contributed by atoms with Crippen LogP contribution in [0.2, 0.25) is 0 Å².